The van der Waals surface area contributed by atoms with Crippen LogP contribution in [0.15, 0.2) is 0 Å². The zero-order valence-corrected chi connectivity index (χ0v) is 8.30. The molecule has 70 valence electrons. The molecule has 0 aromatic carbocycles. The minimum Gasteiger partial charge on any atom is -0.454 e. The highest BCUT2D eigenvalue weighted by Gasteiger charge is 2.25. The van der Waals surface area contributed by atoms with Gasteiger partial charge in [0.2, 0.25) is 0 Å². The van der Waals surface area contributed by atoms with Crippen LogP contribution < -0.4 is 0 Å². The molecule has 0 amide bonds. The van der Waals surface area contributed by atoms with Crippen molar-refractivity contribution in [2.45, 2.75) is 40.7 Å². The SMILES string of the molecule is CC(=O)C(C)OC(=O)C(C)(C)C. The third kappa shape index (κ3) is 3.51. The molecular weight excluding hydrogens is 156 g/mol. The van der Waals surface area contributed by atoms with E-state index in [9.17, 15) is 9.59 Å². The van der Waals surface area contributed by atoms with Crippen molar-refractivity contribution in [1.82, 2.24) is 0 Å². The maximum Gasteiger partial charge on any atom is 0.311 e. The Morgan fingerprint density at radius 1 is 1.25 bits per heavy atom. The maximum absolute atomic E-state index is 11.2. The monoisotopic (exact) mass is 172 g/mol. The Morgan fingerprint density at radius 2 is 1.67 bits per heavy atom. The largest absolute Gasteiger partial charge is 0.454 e. The van der Waals surface area contributed by atoms with Gasteiger partial charge in [-0.1, -0.05) is 0 Å². The summed E-state index contributed by atoms with van der Waals surface area (Å²) in [4.78, 5) is 21.9. The van der Waals surface area contributed by atoms with E-state index in [0.717, 1.165) is 0 Å². The van der Waals surface area contributed by atoms with E-state index in [-0.39, 0.29) is 11.8 Å². The summed E-state index contributed by atoms with van der Waals surface area (Å²) >= 11 is 0. The van der Waals surface area contributed by atoms with E-state index in [1.54, 1.807) is 27.7 Å². The van der Waals surface area contributed by atoms with Gasteiger partial charge in [-0.25, -0.2) is 0 Å². The van der Waals surface area contributed by atoms with E-state index in [1.807, 2.05) is 0 Å². The zero-order valence-electron chi connectivity index (χ0n) is 8.30. The standard InChI is InChI=1S/C9H16O3/c1-6(10)7(2)12-8(11)9(3,4)5/h7H,1-5H3. The Balaban J connectivity index is 4.11. The van der Waals surface area contributed by atoms with E-state index in [1.165, 1.54) is 6.92 Å². The number of esters is 1. The molecule has 0 aliphatic rings. The summed E-state index contributed by atoms with van der Waals surface area (Å²) < 4.78 is 4.89. The van der Waals surface area contributed by atoms with Gasteiger partial charge in [0.15, 0.2) is 11.9 Å². The lowest BCUT2D eigenvalue weighted by molar-refractivity contribution is -0.161. The lowest BCUT2D eigenvalue weighted by Crippen LogP contribution is -2.30. The topological polar surface area (TPSA) is 43.4 Å². The summed E-state index contributed by atoms with van der Waals surface area (Å²) in [5.74, 6) is -0.474. The molecular formula is C9H16O3. The van der Waals surface area contributed by atoms with Crippen LogP contribution in [0.1, 0.15) is 34.6 Å². The Morgan fingerprint density at radius 3 is 1.92 bits per heavy atom. The van der Waals surface area contributed by atoms with Crippen LogP contribution >= 0.6 is 0 Å². The molecule has 0 N–H and O–H groups in total. The van der Waals surface area contributed by atoms with Crippen molar-refractivity contribution in [3.8, 4) is 0 Å². The first-order chi connectivity index (χ1) is 5.25. The fourth-order valence-corrected chi connectivity index (χ4v) is 0.420. The van der Waals surface area contributed by atoms with E-state index in [2.05, 4.69) is 0 Å². The molecule has 0 aliphatic carbocycles. The van der Waals surface area contributed by atoms with Crippen LogP contribution in [0.25, 0.3) is 0 Å². The highest BCUT2D eigenvalue weighted by atomic mass is 16.5. The van der Waals surface area contributed by atoms with Crippen LogP contribution in [0.4, 0.5) is 0 Å². The number of Topliss-reactive ketones (excluding diaryl/α,β-unsaturated/α-hetero) is 1. The van der Waals surface area contributed by atoms with Crippen LogP contribution in [0.2, 0.25) is 0 Å². The summed E-state index contributed by atoms with van der Waals surface area (Å²) in [6.07, 6.45) is -0.628. The Labute approximate surface area is 73.1 Å². The van der Waals surface area contributed by atoms with E-state index >= 15 is 0 Å². The minimum absolute atomic E-state index is 0.132. The summed E-state index contributed by atoms with van der Waals surface area (Å²) in [5.41, 5.74) is -0.538. The first-order valence-electron chi connectivity index (χ1n) is 3.96. The third-order valence-corrected chi connectivity index (χ3v) is 1.47. The van der Waals surface area contributed by atoms with Crippen LogP contribution in [-0.4, -0.2) is 17.9 Å². The molecule has 0 saturated heterocycles. The molecule has 0 aromatic heterocycles. The number of rotatable bonds is 2. The molecule has 0 radical (unpaired) electrons. The van der Waals surface area contributed by atoms with Gasteiger partial charge >= 0.3 is 5.97 Å². The van der Waals surface area contributed by atoms with Gasteiger partial charge in [0.1, 0.15) is 0 Å². The highest BCUT2D eigenvalue weighted by molar-refractivity contribution is 5.84. The van der Waals surface area contributed by atoms with Crippen LogP contribution in [0.3, 0.4) is 0 Å². The molecule has 0 heterocycles. The summed E-state index contributed by atoms with van der Waals surface area (Å²) in [6, 6.07) is 0. The summed E-state index contributed by atoms with van der Waals surface area (Å²) in [6.45, 7) is 8.24. The van der Waals surface area contributed by atoms with E-state index in [4.69, 9.17) is 4.74 Å². The van der Waals surface area contributed by atoms with Crippen molar-refractivity contribution < 1.29 is 14.3 Å². The first-order valence-corrected chi connectivity index (χ1v) is 3.96. The predicted octanol–water partition coefficient (Wildman–Crippen LogP) is 1.55. The van der Waals surface area contributed by atoms with Crippen molar-refractivity contribution >= 4 is 11.8 Å². The second-order valence-electron chi connectivity index (χ2n) is 3.91. The molecule has 0 aliphatic heterocycles. The van der Waals surface area contributed by atoms with Crippen LogP contribution in [0, 0.1) is 5.41 Å². The molecule has 3 heteroatoms. The number of hydrogen-bond donors (Lipinski definition) is 0. The van der Waals surface area contributed by atoms with Crippen molar-refractivity contribution in [3.05, 3.63) is 0 Å². The van der Waals surface area contributed by atoms with Gasteiger partial charge in [0.25, 0.3) is 0 Å². The van der Waals surface area contributed by atoms with Crippen LogP contribution in [0.5, 0.6) is 0 Å². The van der Waals surface area contributed by atoms with E-state index in [0.29, 0.717) is 0 Å². The Hall–Kier alpha value is -0.860. The smallest absolute Gasteiger partial charge is 0.311 e. The Kier molecular flexibility index (Phi) is 3.43. The lowest BCUT2D eigenvalue weighted by Gasteiger charge is -2.19. The first kappa shape index (κ1) is 11.1. The van der Waals surface area contributed by atoms with Crippen molar-refractivity contribution in [2.24, 2.45) is 5.41 Å². The summed E-state index contributed by atoms with van der Waals surface area (Å²) in [7, 11) is 0. The number of ether oxygens (including phenoxy) is 1. The van der Waals surface area contributed by atoms with Gasteiger partial charge < -0.3 is 4.74 Å². The molecule has 0 aromatic rings. The average molecular weight is 172 g/mol. The van der Waals surface area contributed by atoms with Gasteiger partial charge in [-0.2, -0.15) is 0 Å². The average Bonchev–Trinajstić information content (AvgIpc) is 1.85. The predicted molar refractivity (Wildman–Crippen MR) is 45.7 cm³/mol. The normalized spacial score (nSPS) is 13.8. The zero-order chi connectivity index (χ0) is 9.94. The minimum atomic E-state index is -0.628. The number of carbonyl (C=O) groups is 2. The molecule has 0 bridgehead atoms. The highest BCUT2D eigenvalue weighted by Crippen LogP contribution is 2.16. The number of carbonyl (C=O) groups excluding carboxylic acids is 2. The van der Waals surface area contributed by atoms with Gasteiger partial charge in [0, 0.05) is 0 Å². The van der Waals surface area contributed by atoms with Gasteiger partial charge in [-0.05, 0) is 34.6 Å². The molecule has 1 atom stereocenters. The van der Waals surface area contributed by atoms with Crippen molar-refractivity contribution in [2.75, 3.05) is 0 Å². The summed E-state index contributed by atoms with van der Waals surface area (Å²) in [5, 5.41) is 0. The number of hydrogen-bond acceptors (Lipinski definition) is 3. The maximum atomic E-state index is 11.2. The molecule has 0 spiro atoms. The molecule has 0 rings (SSSR count). The molecule has 1 unspecified atom stereocenters. The van der Waals surface area contributed by atoms with Gasteiger partial charge in [-0.3, -0.25) is 9.59 Å². The molecule has 0 saturated carbocycles. The van der Waals surface area contributed by atoms with Crippen molar-refractivity contribution in [3.63, 3.8) is 0 Å². The molecule has 12 heavy (non-hydrogen) atoms. The van der Waals surface area contributed by atoms with Gasteiger partial charge in [-0.15, -0.1) is 0 Å². The fourth-order valence-electron chi connectivity index (χ4n) is 0.420. The lowest BCUT2D eigenvalue weighted by atomic mass is 9.97. The third-order valence-electron chi connectivity index (χ3n) is 1.47. The van der Waals surface area contributed by atoms with E-state index < -0.39 is 11.5 Å². The van der Waals surface area contributed by atoms with Gasteiger partial charge in [0.05, 0.1) is 5.41 Å². The second-order valence-corrected chi connectivity index (χ2v) is 3.91. The molecule has 0 fully saturated rings. The number of ketones is 1. The second kappa shape index (κ2) is 3.70. The van der Waals surface area contributed by atoms with Crippen molar-refractivity contribution in [1.29, 1.82) is 0 Å². The molecule has 3 nitrogen and oxygen atoms in total. The Bertz CT molecular complexity index is 188. The quantitative estimate of drug-likeness (QED) is 0.593. The van der Waals surface area contributed by atoms with Crippen LogP contribution in [-0.2, 0) is 14.3 Å². The fraction of sp³-hybridized carbons (Fsp3) is 0.778.